The normalized spacial score (nSPS) is 14.7. The molecule has 0 aromatic heterocycles. The van der Waals surface area contributed by atoms with Gasteiger partial charge >= 0.3 is 0 Å². The molecule has 0 fully saturated rings. The van der Waals surface area contributed by atoms with Crippen LogP contribution in [0.1, 0.15) is 11.6 Å². The number of methoxy groups -OCH3 is 1. The van der Waals surface area contributed by atoms with Crippen molar-refractivity contribution in [3.05, 3.63) is 29.8 Å². The van der Waals surface area contributed by atoms with Gasteiger partial charge in [0.05, 0.1) is 13.7 Å². The molecule has 0 bridgehead atoms. The Morgan fingerprint density at radius 1 is 1.40 bits per heavy atom. The van der Waals surface area contributed by atoms with E-state index in [0.29, 0.717) is 0 Å². The van der Waals surface area contributed by atoms with Gasteiger partial charge in [-0.2, -0.15) is 0 Å². The van der Waals surface area contributed by atoms with Gasteiger partial charge in [-0.05, 0) is 24.7 Å². The monoisotopic (exact) mass is 210 g/mol. The summed E-state index contributed by atoms with van der Waals surface area (Å²) in [6, 6.07) is 7.29. The average molecular weight is 210 g/mol. The summed E-state index contributed by atoms with van der Waals surface area (Å²) >= 11 is 0. The SMILES string of the molecule is CNC(c1ccc(OC)cc1)C(N)CO. The van der Waals surface area contributed by atoms with Gasteiger partial charge < -0.3 is 20.9 Å². The first-order chi connectivity index (χ1) is 7.22. The van der Waals surface area contributed by atoms with Gasteiger partial charge in [0.25, 0.3) is 0 Å². The highest BCUT2D eigenvalue weighted by Gasteiger charge is 2.16. The third-order valence-corrected chi connectivity index (χ3v) is 2.42. The van der Waals surface area contributed by atoms with Crippen LogP contribution >= 0.6 is 0 Å². The van der Waals surface area contributed by atoms with Crippen molar-refractivity contribution in [2.24, 2.45) is 5.73 Å². The topological polar surface area (TPSA) is 67.5 Å². The quantitative estimate of drug-likeness (QED) is 0.653. The molecule has 0 saturated carbocycles. The lowest BCUT2D eigenvalue weighted by Crippen LogP contribution is -2.38. The molecule has 0 radical (unpaired) electrons. The standard InChI is InChI=1S/C11H18N2O2/c1-13-11(10(12)7-14)8-3-5-9(15-2)6-4-8/h3-6,10-11,13-14H,7,12H2,1-2H3. The first-order valence-electron chi connectivity index (χ1n) is 4.90. The first-order valence-corrected chi connectivity index (χ1v) is 4.90. The van der Waals surface area contributed by atoms with Crippen LogP contribution < -0.4 is 15.8 Å². The van der Waals surface area contributed by atoms with Crippen LogP contribution in [0.5, 0.6) is 5.75 Å². The first kappa shape index (κ1) is 12.0. The van der Waals surface area contributed by atoms with Crippen LogP contribution in [-0.4, -0.2) is 31.9 Å². The summed E-state index contributed by atoms with van der Waals surface area (Å²) in [4.78, 5) is 0. The minimum atomic E-state index is -0.302. The Hall–Kier alpha value is -1.10. The zero-order valence-corrected chi connectivity index (χ0v) is 9.10. The number of ether oxygens (including phenoxy) is 1. The second kappa shape index (κ2) is 5.70. The maximum Gasteiger partial charge on any atom is 0.118 e. The third kappa shape index (κ3) is 2.92. The minimum Gasteiger partial charge on any atom is -0.497 e. The predicted molar refractivity (Wildman–Crippen MR) is 59.9 cm³/mol. The van der Waals surface area contributed by atoms with Gasteiger partial charge in [-0.1, -0.05) is 12.1 Å². The molecule has 1 rings (SSSR count). The molecule has 0 spiro atoms. The van der Waals surface area contributed by atoms with Gasteiger partial charge in [0, 0.05) is 12.1 Å². The second-order valence-corrected chi connectivity index (χ2v) is 3.39. The summed E-state index contributed by atoms with van der Waals surface area (Å²) in [6.45, 7) is -0.0441. The summed E-state index contributed by atoms with van der Waals surface area (Å²) in [7, 11) is 3.45. The Morgan fingerprint density at radius 3 is 2.40 bits per heavy atom. The van der Waals surface area contributed by atoms with Crippen molar-refractivity contribution in [2.75, 3.05) is 20.8 Å². The van der Waals surface area contributed by atoms with Gasteiger partial charge in [-0.15, -0.1) is 0 Å². The van der Waals surface area contributed by atoms with Crippen molar-refractivity contribution in [3.63, 3.8) is 0 Å². The van der Waals surface area contributed by atoms with Crippen molar-refractivity contribution in [1.29, 1.82) is 0 Å². The smallest absolute Gasteiger partial charge is 0.118 e. The highest BCUT2D eigenvalue weighted by molar-refractivity contribution is 5.29. The number of aliphatic hydroxyl groups excluding tert-OH is 1. The van der Waals surface area contributed by atoms with Crippen molar-refractivity contribution in [2.45, 2.75) is 12.1 Å². The number of benzene rings is 1. The predicted octanol–water partition coefficient (Wildman–Crippen LogP) is 0.275. The van der Waals surface area contributed by atoms with E-state index >= 15 is 0 Å². The molecule has 0 saturated heterocycles. The molecule has 15 heavy (non-hydrogen) atoms. The van der Waals surface area contributed by atoms with E-state index in [9.17, 15) is 0 Å². The molecule has 4 N–H and O–H groups in total. The molecule has 1 aromatic rings. The summed E-state index contributed by atoms with van der Waals surface area (Å²) < 4.78 is 5.07. The molecule has 4 heteroatoms. The Labute approximate surface area is 90.1 Å². The van der Waals surface area contributed by atoms with Crippen LogP contribution in [0, 0.1) is 0 Å². The molecule has 0 aliphatic carbocycles. The number of likely N-dealkylation sites (N-methyl/N-ethyl adjacent to an activating group) is 1. The summed E-state index contributed by atoms with van der Waals surface area (Å²) in [6.07, 6.45) is 0. The van der Waals surface area contributed by atoms with Crippen molar-refractivity contribution in [1.82, 2.24) is 5.32 Å². The van der Waals surface area contributed by atoms with E-state index in [-0.39, 0.29) is 18.7 Å². The molecule has 0 amide bonds. The lowest BCUT2D eigenvalue weighted by molar-refractivity contribution is 0.240. The number of hydrogen-bond donors (Lipinski definition) is 3. The van der Waals surface area contributed by atoms with E-state index in [1.165, 1.54) is 0 Å². The molecule has 0 aliphatic rings. The van der Waals surface area contributed by atoms with Gasteiger partial charge in [0.15, 0.2) is 0 Å². The maximum atomic E-state index is 9.01. The zero-order chi connectivity index (χ0) is 11.3. The van der Waals surface area contributed by atoms with Crippen LogP contribution in [0.25, 0.3) is 0 Å². The van der Waals surface area contributed by atoms with Crippen LogP contribution in [0.3, 0.4) is 0 Å². The zero-order valence-electron chi connectivity index (χ0n) is 9.10. The fraction of sp³-hybridized carbons (Fsp3) is 0.455. The average Bonchev–Trinajstić information content (AvgIpc) is 2.30. The third-order valence-electron chi connectivity index (χ3n) is 2.42. The highest BCUT2D eigenvalue weighted by Crippen LogP contribution is 2.19. The molecule has 1 aromatic carbocycles. The van der Waals surface area contributed by atoms with E-state index in [1.54, 1.807) is 7.11 Å². The lowest BCUT2D eigenvalue weighted by atomic mass is 10.0. The maximum absolute atomic E-state index is 9.01. The highest BCUT2D eigenvalue weighted by atomic mass is 16.5. The Morgan fingerprint density at radius 2 is 2.00 bits per heavy atom. The number of nitrogens with two attached hydrogens (primary N) is 1. The fourth-order valence-corrected chi connectivity index (χ4v) is 1.54. The lowest BCUT2D eigenvalue weighted by Gasteiger charge is -2.22. The molecular weight excluding hydrogens is 192 g/mol. The summed E-state index contributed by atoms with van der Waals surface area (Å²) in [5.41, 5.74) is 6.83. The van der Waals surface area contributed by atoms with Crippen LogP contribution in [0.4, 0.5) is 0 Å². The molecule has 2 unspecified atom stereocenters. The molecule has 0 aliphatic heterocycles. The van der Waals surface area contributed by atoms with E-state index in [4.69, 9.17) is 15.6 Å². The molecule has 4 nitrogen and oxygen atoms in total. The van der Waals surface area contributed by atoms with E-state index < -0.39 is 0 Å². The van der Waals surface area contributed by atoms with Gasteiger partial charge in [0.2, 0.25) is 0 Å². The number of nitrogens with one attached hydrogen (secondary N) is 1. The summed E-state index contributed by atoms with van der Waals surface area (Å²) in [5.74, 6) is 0.811. The van der Waals surface area contributed by atoms with Gasteiger partial charge in [-0.25, -0.2) is 0 Å². The van der Waals surface area contributed by atoms with Crippen LogP contribution in [0.15, 0.2) is 24.3 Å². The van der Waals surface area contributed by atoms with Crippen molar-refractivity contribution < 1.29 is 9.84 Å². The van der Waals surface area contributed by atoms with Crippen LogP contribution in [0.2, 0.25) is 0 Å². The van der Waals surface area contributed by atoms with E-state index in [0.717, 1.165) is 11.3 Å². The van der Waals surface area contributed by atoms with Crippen molar-refractivity contribution >= 4 is 0 Å². The molecule has 0 heterocycles. The number of rotatable bonds is 5. The van der Waals surface area contributed by atoms with E-state index in [1.807, 2.05) is 31.3 Å². The van der Waals surface area contributed by atoms with E-state index in [2.05, 4.69) is 5.32 Å². The second-order valence-electron chi connectivity index (χ2n) is 3.39. The Kier molecular flexibility index (Phi) is 4.55. The van der Waals surface area contributed by atoms with Gasteiger partial charge in [-0.3, -0.25) is 0 Å². The van der Waals surface area contributed by atoms with Gasteiger partial charge in [0.1, 0.15) is 5.75 Å². The number of hydrogen-bond acceptors (Lipinski definition) is 4. The van der Waals surface area contributed by atoms with Crippen molar-refractivity contribution in [3.8, 4) is 5.75 Å². The summed E-state index contributed by atoms with van der Waals surface area (Å²) in [5, 5.41) is 12.1. The van der Waals surface area contributed by atoms with Crippen LogP contribution in [-0.2, 0) is 0 Å². The largest absolute Gasteiger partial charge is 0.497 e. The Balaban J connectivity index is 2.83. The fourth-order valence-electron chi connectivity index (χ4n) is 1.54. The Bertz CT molecular complexity index is 287. The minimum absolute atomic E-state index is 0.0408. The molecular formula is C11H18N2O2. The number of aliphatic hydroxyl groups is 1. The molecule has 2 atom stereocenters. The molecule has 84 valence electrons.